The van der Waals surface area contributed by atoms with Gasteiger partial charge in [0.1, 0.15) is 0 Å². The van der Waals surface area contributed by atoms with Crippen LogP contribution >= 0.6 is 12.2 Å². The Morgan fingerprint density at radius 1 is 1.23 bits per heavy atom. The molecule has 0 amide bonds. The van der Waals surface area contributed by atoms with E-state index in [0.717, 1.165) is 24.6 Å². The molecule has 0 saturated heterocycles. The van der Waals surface area contributed by atoms with Crippen LogP contribution < -0.4 is 16.2 Å². The van der Waals surface area contributed by atoms with Crippen molar-refractivity contribution in [3.63, 3.8) is 0 Å². The van der Waals surface area contributed by atoms with E-state index >= 15 is 0 Å². The highest BCUT2D eigenvalue weighted by Crippen LogP contribution is 2.40. The van der Waals surface area contributed by atoms with Gasteiger partial charge in [0.15, 0.2) is 5.11 Å². The lowest BCUT2D eigenvalue weighted by Gasteiger charge is -2.29. The number of hydrogen-bond donors (Lipinski definition) is 3. The highest BCUT2D eigenvalue weighted by atomic mass is 32.1. The van der Waals surface area contributed by atoms with Crippen LogP contribution in [-0.2, 0) is 6.18 Å². The Morgan fingerprint density at radius 2 is 2.00 bits per heavy atom. The van der Waals surface area contributed by atoms with Gasteiger partial charge in [-0.3, -0.25) is 5.43 Å². The smallest absolute Gasteiger partial charge is 0.331 e. The van der Waals surface area contributed by atoms with E-state index < -0.39 is 11.7 Å². The topological polar surface area (TPSA) is 36.1 Å². The summed E-state index contributed by atoms with van der Waals surface area (Å²) in [4.78, 5) is 0. The number of hydrogen-bond acceptors (Lipinski definition) is 2. The molecule has 1 atom stereocenters. The number of thiocarbonyl (C=S) groups is 1. The molecule has 3 rings (SSSR count). The van der Waals surface area contributed by atoms with Gasteiger partial charge < -0.3 is 10.7 Å². The monoisotopic (exact) mass is 325 g/mol. The molecule has 1 aromatic carbocycles. The summed E-state index contributed by atoms with van der Waals surface area (Å²) in [5.74, 6) is 0.580. The molecule has 0 fully saturated rings. The number of anilines is 1. The van der Waals surface area contributed by atoms with Gasteiger partial charge in [0.2, 0.25) is 0 Å². The van der Waals surface area contributed by atoms with E-state index in [9.17, 15) is 13.2 Å². The van der Waals surface area contributed by atoms with Crippen molar-refractivity contribution in [3.8, 4) is 0 Å². The summed E-state index contributed by atoms with van der Waals surface area (Å²) in [6.07, 6.45) is 1.74. The Balaban J connectivity index is 1.61. The summed E-state index contributed by atoms with van der Waals surface area (Å²) >= 11 is 5.04. The molecule has 2 aliphatic rings. The van der Waals surface area contributed by atoms with Crippen LogP contribution in [0.2, 0.25) is 0 Å². The second-order valence-electron chi connectivity index (χ2n) is 5.22. The van der Waals surface area contributed by atoms with Gasteiger partial charge in [-0.25, -0.2) is 0 Å². The van der Waals surface area contributed by atoms with Gasteiger partial charge in [0, 0.05) is 5.70 Å². The van der Waals surface area contributed by atoms with Gasteiger partial charge in [0.25, 0.3) is 0 Å². The first-order valence-electron chi connectivity index (χ1n) is 6.84. The molecule has 116 valence electrons. The van der Waals surface area contributed by atoms with E-state index in [1.165, 1.54) is 23.8 Å². The summed E-state index contributed by atoms with van der Waals surface area (Å²) in [6.45, 7) is 0. The zero-order valence-corrected chi connectivity index (χ0v) is 12.3. The number of allylic oxidation sites excluding steroid dienone is 4. The van der Waals surface area contributed by atoms with Crippen LogP contribution in [0.15, 0.2) is 47.7 Å². The predicted molar refractivity (Wildman–Crippen MR) is 82.8 cm³/mol. The van der Waals surface area contributed by atoms with Crippen molar-refractivity contribution >= 4 is 23.0 Å². The van der Waals surface area contributed by atoms with E-state index in [1.807, 2.05) is 0 Å². The fourth-order valence-corrected chi connectivity index (χ4v) is 2.81. The predicted octanol–water partition coefficient (Wildman–Crippen LogP) is 3.73. The highest BCUT2D eigenvalue weighted by Gasteiger charge is 2.33. The summed E-state index contributed by atoms with van der Waals surface area (Å²) in [5, 5.41) is 2.67. The summed E-state index contributed by atoms with van der Waals surface area (Å²) < 4.78 is 38.7. The van der Waals surface area contributed by atoms with Gasteiger partial charge in [-0.2, -0.15) is 13.2 Å². The average Bonchev–Trinajstić information content (AvgIpc) is 2.80. The third kappa shape index (κ3) is 2.94. The Hall–Kier alpha value is -2.02. The number of benzene rings is 1. The van der Waals surface area contributed by atoms with Crippen LogP contribution in [-0.4, -0.2) is 5.11 Å². The van der Waals surface area contributed by atoms with E-state index in [0.29, 0.717) is 5.92 Å². The molecule has 0 spiro atoms. The molecule has 0 radical (unpaired) electrons. The SMILES string of the molecule is FC(F)(F)c1ccccc1NC(=S)NNC1=C2C=CC[C@@H]2C1. The Morgan fingerprint density at radius 3 is 2.73 bits per heavy atom. The second-order valence-corrected chi connectivity index (χ2v) is 5.63. The lowest BCUT2D eigenvalue weighted by Crippen LogP contribution is -2.42. The number of nitrogens with one attached hydrogen (secondary N) is 3. The molecule has 2 aliphatic carbocycles. The summed E-state index contributed by atoms with van der Waals surface area (Å²) in [6, 6.07) is 5.23. The maximum atomic E-state index is 12.9. The van der Waals surface area contributed by atoms with Gasteiger partial charge in [-0.15, -0.1) is 0 Å². The molecular weight excluding hydrogens is 311 g/mol. The average molecular weight is 325 g/mol. The number of hydrazine groups is 1. The van der Waals surface area contributed by atoms with Crippen molar-refractivity contribution in [2.45, 2.75) is 19.0 Å². The molecule has 3 nitrogen and oxygen atoms in total. The first-order chi connectivity index (χ1) is 10.4. The number of halogens is 3. The largest absolute Gasteiger partial charge is 0.418 e. The number of fused-ring (bicyclic) bond motifs is 1. The minimum absolute atomic E-state index is 0.0702. The standard InChI is InChI=1S/C15H14F3N3S/c16-15(17,18)11-6-1-2-7-12(11)19-14(22)21-20-13-8-9-4-3-5-10(9)13/h1-3,5-7,9,20H,4,8H2,(H2,19,21,22)/t9-/m1/s1. The Kier molecular flexibility index (Phi) is 3.82. The fraction of sp³-hybridized carbons (Fsp3) is 0.267. The minimum Gasteiger partial charge on any atom is -0.331 e. The van der Waals surface area contributed by atoms with E-state index in [2.05, 4.69) is 28.3 Å². The molecule has 0 aliphatic heterocycles. The summed E-state index contributed by atoms with van der Waals surface area (Å²) in [7, 11) is 0. The van der Waals surface area contributed by atoms with Crippen molar-refractivity contribution < 1.29 is 13.2 Å². The molecule has 3 N–H and O–H groups in total. The van der Waals surface area contributed by atoms with Crippen LogP contribution in [0.3, 0.4) is 0 Å². The summed E-state index contributed by atoms with van der Waals surface area (Å²) in [5.41, 5.74) is 7.16. The maximum absolute atomic E-state index is 12.9. The fourth-order valence-electron chi connectivity index (χ4n) is 2.64. The van der Waals surface area contributed by atoms with Crippen LogP contribution in [0, 0.1) is 5.92 Å². The van der Waals surface area contributed by atoms with Gasteiger partial charge in [-0.05, 0) is 48.7 Å². The molecular formula is C15H14F3N3S. The van der Waals surface area contributed by atoms with E-state index in [4.69, 9.17) is 12.2 Å². The van der Waals surface area contributed by atoms with E-state index in [-0.39, 0.29) is 10.8 Å². The van der Waals surface area contributed by atoms with Gasteiger partial charge >= 0.3 is 6.18 Å². The molecule has 0 heterocycles. The molecule has 0 saturated carbocycles. The van der Waals surface area contributed by atoms with Crippen LogP contribution in [0.5, 0.6) is 0 Å². The molecule has 0 bridgehead atoms. The zero-order valence-electron chi connectivity index (χ0n) is 11.5. The number of alkyl halides is 3. The van der Waals surface area contributed by atoms with Crippen molar-refractivity contribution in [2.24, 2.45) is 5.92 Å². The normalized spacial score (nSPS) is 19.5. The molecule has 0 unspecified atom stereocenters. The maximum Gasteiger partial charge on any atom is 0.418 e. The quantitative estimate of drug-likeness (QED) is 0.585. The second kappa shape index (κ2) is 5.64. The van der Waals surface area contributed by atoms with Crippen LogP contribution in [0.25, 0.3) is 0 Å². The minimum atomic E-state index is -4.42. The molecule has 22 heavy (non-hydrogen) atoms. The zero-order chi connectivity index (χ0) is 15.7. The van der Waals surface area contributed by atoms with Crippen LogP contribution in [0.4, 0.5) is 18.9 Å². The lowest BCUT2D eigenvalue weighted by molar-refractivity contribution is -0.136. The lowest BCUT2D eigenvalue weighted by atomic mass is 9.84. The third-order valence-electron chi connectivity index (χ3n) is 3.76. The first-order valence-corrected chi connectivity index (χ1v) is 7.25. The Bertz CT molecular complexity index is 664. The van der Waals surface area contributed by atoms with Crippen molar-refractivity contribution in [1.29, 1.82) is 0 Å². The number of para-hydroxylation sites is 1. The van der Waals surface area contributed by atoms with Crippen molar-refractivity contribution in [3.05, 3.63) is 53.3 Å². The number of rotatable bonds is 3. The van der Waals surface area contributed by atoms with Crippen LogP contribution in [0.1, 0.15) is 18.4 Å². The molecule has 7 heteroatoms. The van der Waals surface area contributed by atoms with Crippen molar-refractivity contribution in [1.82, 2.24) is 10.9 Å². The van der Waals surface area contributed by atoms with Gasteiger partial charge in [0.05, 0.1) is 11.3 Å². The van der Waals surface area contributed by atoms with Crippen molar-refractivity contribution in [2.75, 3.05) is 5.32 Å². The highest BCUT2D eigenvalue weighted by molar-refractivity contribution is 7.80. The first kappa shape index (κ1) is 14.9. The molecule has 1 aromatic rings. The Labute approximate surface area is 131 Å². The molecule has 0 aromatic heterocycles. The third-order valence-corrected chi connectivity index (χ3v) is 3.97. The van der Waals surface area contributed by atoms with E-state index in [1.54, 1.807) is 0 Å². The van der Waals surface area contributed by atoms with Gasteiger partial charge in [-0.1, -0.05) is 24.3 Å².